The van der Waals surface area contributed by atoms with E-state index in [9.17, 15) is 14.3 Å². The van der Waals surface area contributed by atoms with Gasteiger partial charge in [-0.15, -0.1) is 0 Å². The first-order chi connectivity index (χ1) is 12.3. The average molecular weight is 359 g/mol. The topological polar surface area (TPSA) is 67.2 Å². The van der Waals surface area contributed by atoms with Gasteiger partial charge in [0.2, 0.25) is 0 Å². The van der Waals surface area contributed by atoms with Gasteiger partial charge in [0.25, 0.3) is 0 Å². The largest absolute Gasteiger partial charge is 0.476 e. The van der Waals surface area contributed by atoms with Crippen LogP contribution in [0.25, 0.3) is 0 Å². The predicted octanol–water partition coefficient (Wildman–Crippen LogP) is 3.33. The molecule has 2 N–H and O–H groups in total. The van der Waals surface area contributed by atoms with E-state index in [4.69, 9.17) is 0 Å². The monoisotopic (exact) mass is 359 g/mol. The molecule has 0 bridgehead atoms. The van der Waals surface area contributed by atoms with Gasteiger partial charge in [-0.25, -0.2) is 9.18 Å². The molecule has 1 unspecified atom stereocenters. The summed E-state index contributed by atoms with van der Waals surface area (Å²) in [6.45, 7) is 7.47. The van der Waals surface area contributed by atoms with Crippen molar-refractivity contribution in [1.29, 1.82) is 0 Å². The summed E-state index contributed by atoms with van der Waals surface area (Å²) in [5.74, 6) is -0.792. The number of aromatic carboxylic acids is 1. The van der Waals surface area contributed by atoms with Crippen LogP contribution in [0.5, 0.6) is 0 Å². The Morgan fingerprint density at radius 2 is 2.23 bits per heavy atom. The molecule has 140 valence electrons. The van der Waals surface area contributed by atoms with Gasteiger partial charge in [-0.3, -0.25) is 4.68 Å². The quantitative estimate of drug-likeness (QED) is 0.830. The van der Waals surface area contributed by atoms with E-state index < -0.39 is 5.97 Å². The molecule has 6 heteroatoms. The molecule has 0 fully saturated rings. The first kappa shape index (κ1) is 18.6. The lowest BCUT2D eigenvalue weighted by Crippen LogP contribution is -2.35. The van der Waals surface area contributed by atoms with Crippen LogP contribution in [-0.4, -0.2) is 26.9 Å². The second-order valence-electron chi connectivity index (χ2n) is 7.55. The zero-order valence-corrected chi connectivity index (χ0v) is 15.6. The molecular formula is C20H26FN3O2. The summed E-state index contributed by atoms with van der Waals surface area (Å²) >= 11 is 0. The lowest BCUT2D eigenvalue weighted by atomic mass is 9.91. The molecule has 0 saturated carbocycles. The minimum absolute atomic E-state index is 0.167. The van der Waals surface area contributed by atoms with Crippen molar-refractivity contribution < 1.29 is 14.3 Å². The molecule has 0 amide bonds. The van der Waals surface area contributed by atoms with Crippen LogP contribution in [0.15, 0.2) is 18.2 Å². The Labute approximate surface area is 153 Å². The highest BCUT2D eigenvalue weighted by molar-refractivity contribution is 5.87. The molecule has 1 aromatic heterocycles. The number of nitrogens with one attached hydrogen (secondary N) is 1. The van der Waals surface area contributed by atoms with E-state index in [2.05, 4.69) is 24.3 Å². The molecule has 0 spiro atoms. The summed E-state index contributed by atoms with van der Waals surface area (Å²) in [5, 5.41) is 17.3. The van der Waals surface area contributed by atoms with E-state index in [0.717, 1.165) is 41.8 Å². The van der Waals surface area contributed by atoms with Crippen molar-refractivity contribution in [3.8, 4) is 0 Å². The molecule has 1 aliphatic rings. The summed E-state index contributed by atoms with van der Waals surface area (Å²) in [6.07, 6.45) is 2.37. The Morgan fingerprint density at radius 1 is 1.46 bits per heavy atom. The first-order valence-corrected chi connectivity index (χ1v) is 9.15. The maximum absolute atomic E-state index is 13.5. The number of aryl methyl sites for hydroxylation is 1. The number of hydrogen-bond donors (Lipinski definition) is 2. The highest BCUT2D eigenvalue weighted by Crippen LogP contribution is 2.26. The van der Waals surface area contributed by atoms with Crippen molar-refractivity contribution in [1.82, 2.24) is 15.1 Å². The van der Waals surface area contributed by atoms with Crippen molar-refractivity contribution in [2.24, 2.45) is 5.92 Å². The van der Waals surface area contributed by atoms with E-state index in [1.807, 2.05) is 11.6 Å². The fourth-order valence-electron chi connectivity index (χ4n) is 3.62. The summed E-state index contributed by atoms with van der Waals surface area (Å²) in [6, 6.07) is 4.97. The standard InChI is InChI=1S/C20H26FN3O2/c1-12(2)11-24-18-7-6-16(9-17(18)19(23-24)20(25)26)22-10-14-8-15(21)5-4-13(14)3/h4-5,8,12,16,22H,6-7,9-11H2,1-3H3,(H,25,26). The van der Waals surface area contributed by atoms with Gasteiger partial charge in [0.05, 0.1) is 0 Å². The Bertz CT molecular complexity index is 814. The zero-order chi connectivity index (χ0) is 18.8. The number of carbonyl (C=O) groups is 1. The van der Waals surface area contributed by atoms with Gasteiger partial charge in [0.15, 0.2) is 5.69 Å². The minimum atomic E-state index is -0.967. The van der Waals surface area contributed by atoms with Gasteiger partial charge in [-0.05, 0) is 55.4 Å². The van der Waals surface area contributed by atoms with Crippen molar-refractivity contribution in [2.45, 2.75) is 59.2 Å². The van der Waals surface area contributed by atoms with Gasteiger partial charge in [0.1, 0.15) is 5.82 Å². The lowest BCUT2D eigenvalue weighted by Gasteiger charge is -2.25. The SMILES string of the molecule is Cc1ccc(F)cc1CNC1CCc2c(c(C(=O)O)nn2CC(C)C)C1. The van der Waals surface area contributed by atoms with Crippen LogP contribution in [0.1, 0.15) is 53.1 Å². The van der Waals surface area contributed by atoms with Crippen LogP contribution in [0.2, 0.25) is 0 Å². The number of fused-ring (bicyclic) bond motifs is 1. The molecule has 0 radical (unpaired) electrons. The van der Waals surface area contributed by atoms with Gasteiger partial charge in [0, 0.05) is 30.4 Å². The van der Waals surface area contributed by atoms with Gasteiger partial charge in [-0.1, -0.05) is 19.9 Å². The second kappa shape index (κ2) is 7.58. The number of hydrogen-bond acceptors (Lipinski definition) is 3. The average Bonchev–Trinajstić information content (AvgIpc) is 2.93. The Kier molecular flexibility index (Phi) is 5.41. The molecule has 1 atom stereocenters. The van der Waals surface area contributed by atoms with Crippen molar-refractivity contribution in [3.05, 3.63) is 52.1 Å². The maximum atomic E-state index is 13.5. The van der Waals surface area contributed by atoms with Crippen LogP contribution in [0.4, 0.5) is 4.39 Å². The molecule has 1 aromatic carbocycles. The minimum Gasteiger partial charge on any atom is -0.476 e. The molecule has 2 aromatic rings. The molecule has 1 aliphatic carbocycles. The maximum Gasteiger partial charge on any atom is 0.356 e. The van der Waals surface area contributed by atoms with Crippen LogP contribution in [0.3, 0.4) is 0 Å². The molecule has 26 heavy (non-hydrogen) atoms. The van der Waals surface area contributed by atoms with Crippen molar-refractivity contribution >= 4 is 5.97 Å². The molecule has 0 saturated heterocycles. The van der Waals surface area contributed by atoms with E-state index in [0.29, 0.717) is 18.9 Å². The summed E-state index contributed by atoms with van der Waals surface area (Å²) in [5.41, 5.74) is 4.05. The third-order valence-corrected chi connectivity index (χ3v) is 4.98. The van der Waals surface area contributed by atoms with Crippen LogP contribution >= 0.6 is 0 Å². The number of nitrogens with zero attached hydrogens (tertiary/aromatic N) is 2. The normalized spacial score (nSPS) is 16.7. The summed E-state index contributed by atoms with van der Waals surface area (Å²) < 4.78 is 15.3. The van der Waals surface area contributed by atoms with Gasteiger partial charge < -0.3 is 10.4 Å². The molecular weight excluding hydrogens is 333 g/mol. The molecule has 3 rings (SSSR count). The summed E-state index contributed by atoms with van der Waals surface area (Å²) in [7, 11) is 0. The first-order valence-electron chi connectivity index (χ1n) is 9.15. The zero-order valence-electron chi connectivity index (χ0n) is 15.6. The van der Waals surface area contributed by atoms with E-state index in [-0.39, 0.29) is 17.6 Å². The Morgan fingerprint density at radius 3 is 2.92 bits per heavy atom. The van der Waals surface area contributed by atoms with Crippen LogP contribution in [-0.2, 0) is 25.9 Å². The lowest BCUT2D eigenvalue weighted by molar-refractivity contribution is 0.0688. The van der Waals surface area contributed by atoms with Crippen LogP contribution < -0.4 is 5.32 Å². The number of carboxylic acid groups (broad SMARTS) is 1. The number of halogens is 1. The van der Waals surface area contributed by atoms with Crippen LogP contribution in [0, 0.1) is 18.7 Å². The fourth-order valence-corrected chi connectivity index (χ4v) is 3.62. The molecule has 1 heterocycles. The number of carboxylic acids is 1. The van der Waals surface area contributed by atoms with Gasteiger partial charge in [-0.2, -0.15) is 5.10 Å². The highest BCUT2D eigenvalue weighted by Gasteiger charge is 2.29. The number of benzene rings is 1. The van der Waals surface area contributed by atoms with E-state index >= 15 is 0 Å². The smallest absolute Gasteiger partial charge is 0.356 e. The summed E-state index contributed by atoms with van der Waals surface area (Å²) in [4.78, 5) is 11.6. The fraction of sp³-hybridized carbons (Fsp3) is 0.500. The van der Waals surface area contributed by atoms with Crippen molar-refractivity contribution in [2.75, 3.05) is 0 Å². The van der Waals surface area contributed by atoms with Crippen molar-refractivity contribution in [3.63, 3.8) is 0 Å². The van der Waals surface area contributed by atoms with E-state index in [1.54, 1.807) is 12.1 Å². The Hall–Kier alpha value is -2.21. The molecule has 5 nitrogen and oxygen atoms in total. The second-order valence-corrected chi connectivity index (χ2v) is 7.55. The van der Waals surface area contributed by atoms with E-state index in [1.165, 1.54) is 6.07 Å². The predicted molar refractivity (Wildman–Crippen MR) is 97.8 cm³/mol. The highest BCUT2D eigenvalue weighted by atomic mass is 19.1. The Balaban J connectivity index is 1.75. The number of rotatable bonds is 6. The number of aromatic nitrogens is 2. The third-order valence-electron chi connectivity index (χ3n) is 4.98. The van der Waals surface area contributed by atoms with Gasteiger partial charge >= 0.3 is 5.97 Å². The third kappa shape index (κ3) is 3.96. The molecule has 0 aliphatic heterocycles.